The summed E-state index contributed by atoms with van der Waals surface area (Å²) >= 11 is 0. The molecule has 0 unspecified atom stereocenters. The fraction of sp³-hybridized carbons (Fsp3) is 0.0667. The van der Waals surface area contributed by atoms with Crippen molar-refractivity contribution in [3.8, 4) is 0 Å². The van der Waals surface area contributed by atoms with E-state index in [-0.39, 0.29) is 5.92 Å². The van der Waals surface area contributed by atoms with Crippen LogP contribution in [0.5, 0.6) is 0 Å². The van der Waals surface area contributed by atoms with Gasteiger partial charge in [0, 0.05) is 24.8 Å². The molecule has 92 valence electrons. The zero-order valence-corrected chi connectivity index (χ0v) is 10.2. The molecular formula is C15H12N4. The first kappa shape index (κ1) is 11.5. The minimum atomic E-state index is -0.136. The largest absolute Gasteiger partial charge is 0.240 e. The van der Waals surface area contributed by atoms with Crippen molar-refractivity contribution in [2.75, 3.05) is 0 Å². The predicted molar refractivity (Wildman–Crippen MR) is 71.5 cm³/mol. The molecule has 0 spiro atoms. The van der Waals surface area contributed by atoms with Crippen LogP contribution in [0.4, 0.5) is 0 Å². The van der Waals surface area contributed by atoms with Crippen molar-refractivity contribution in [1.82, 2.24) is 19.9 Å². The third-order valence-electron chi connectivity index (χ3n) is 2.82. The molecule has 0 aliphatic heterocycles. The van der Waals surface area contributed by atoms with E-state index in [1.165, 1.54) is 0 Å². The molecule has 2 aromatic heterocycles. The van der Waals surface area contributed by atoms with E-state index in [0.29, 0.717) is 11.6 Å². The number of hydrogen-bond acceptors (Lipinski definition) is 4. The molecule has 0 saturated carbocycles. The molecule has 19 heavy (non-hydrogen) atoms. The van der Waals surface area contributed by atoms with E-state index in [1.807, 2.05) is 30.3 Å². The lowest BCUT2D eigenvalue weighted by atomic mass is 9.97. The summed E-state index contributed by atoms with van der Waals surface area (Å²) in [6.45, 7) is 0. The third-order valence-corrected chi connectivity index (χ3v) is 2.82. The molecular weight excluding hydrogens is 236 g/mol. The van der Waals surface area contributed by atoms with Crippen molar-refractivity contribution in [1.29, 1.82) is 0 Å². The summed E-state index contributed by atoms with van der Waals surface area (Å²) in [4.78, 5) is 17.4. The molecule has 0 amide bonds. The molecule has 3 aromatic rings. The van der Waals surface area contributed by atoms with Crippen molar-refractivity contribution >= 4 is 0 Å². The third kappa shape index (κ3) is 2.47. The number of aromatic nitrogens is 4. The maximum absolute atomic E-state index is 4.34. The SMILES string of the molecule is c1ccc(C(c2ncccn2)c2ncccn2)cc1. The molecule has 0 atom stereocenters. The lowest BCUT2D eigenvalue weighted by Gasteiger charge is -2.14. The van der Waals surface area contributed by atoms with Gasteiger partial charge in [-0.1, -0.05) is 30.3 Å². The van der Waals surface area contributed by atoms with Crippen LogP contribution in [-0.4, -0.2) is 19.9 Å². The molecule has 0 bridgehead atoms. The molecule has 0 aliphatic rings. The highest BCUT2D eigenvalue weighted by Gasteiger charge is 2.21. The Morgan fingerprint density at radius 3 is 1.53 bits per heavy atom. The average Bonchev–Trinajstić information content (AvgIpc) is 2.51. The Labute approximate surface area is 111 Å². The smallest absolute Gasteiger partial charge is 0.143 e. The van der Waals surface area contributed by atoms with Crippen LogP contribution in [0, 0.1) is 0 Å². The lowest BCUT2D eigenvalue weighted by Crippen LogP contribution is -2.10. The van der Waals surface area contributed by atoms with Gasteiger partial charge in [-0.2, -0.15) is 0 Å². The highest BCUT2D eigenvalue weighted by atomic mass is 14.9. The maximum atomic E-state index is 4.34. The summed E-state index contributed by atoms with van der Waals surface area (Å²) in [5.74, 6) is 1.28. The second-order valence-corrected chi connectivity index (χ2v) is 4.06. The fourth-order valence-electron chi connectivity index (χ4n) is 1.98. The van der Waals surface area contributed by atoms with Gasteiger partial charge in [0.15, 0.2) is 0 Å². The second kappa shape index (κ2) is 5.35. The Hall–Kier alpha value is -2.62. The predicted octanol–water partition coefficient (Wildman–Crippen LogP) is 2.45. The summed E-state index contributed by atoms with van der Waals surface area (Å²) in [6, 6.07) is 13.7. The molecule has 0 N–H and O–H groups in total. The van der Waals surface area contributed by atoms with Gasteiger partial charge >= 0.3 is 0 Å². The molecule has 4 nitrogen and oxygen atoms in total. The van der Waals surface area contributed by atoms with E-state index in [1.54, 1.807) is 36.9 Å². The highest BCUT2D eigenvalue weighted by molar-refractivity contribution is 5.31. The van der Waals surface area contributed by atoms with Gasteiger partial charge < -0.3 is 0 Å². The normalized spacial score (nSPS) is 10.6. The molecule has 4 heteroatoms. The van der Waals surface area contributed by atoms with E-state index < -0.39 is 0 Å². The molecule has 3 rings (SSSR count). The maximum Gasteiger partial charge on any atom is 0.143 e. The molecule has 1 aromatic carbocycles. The van der Waals surface area contributed by atoms with Gasteiger partial charge in [-0.15, -0.1) is 0 Å². The molecule has 0 radical (unpaired) electrons. The van der Waals surface area contributed by atoms with Crippen LogP contribution < -0.4 is 0 Å². The molecule has 0 saturated heterocycles. The fourth-order valence-corrected chi connectivity index (χ4v) is 1.98. The van der Waals surface area contributed by atoms with E-state index in [0.717, 1.165) is 5.56 Å². The Kier molecular flexibility index (Phi) is 3.23. The summed E-state index contributed by atoms with van der Waals surface area (Å²) in [5, 5.41) is 0. The van der Waals surface area contributed by atoms with Crippen LogP contribution in [0.3, 0.4) is 0 Å². The number of hydrogen-bond donors (Lipinski definition) is 0. The van der Waals surface area contributed by atoms with Gasteiger partial charge in [0.25, 0.3) is 0 Å². The van der Waals surface area contributed by atoms with E-state index in [4.69, 9.17) is 0 Å². The molecule has 2 heterocycles. The minimum Gasteiger partial charge on any atom is -0.240 e. The minimum absolute atomic E-state index is 0.136. The summed E-state index contributed by atoms with van der Waals surface area (Å²) < 4.78 is 0. The van der Waals surface area contributed by atoms with Crippen molar-refractivity contribution in [2.24, 2.45) is 0 Å². The van der Waals surface area contributed by atoms with Crippen LogP contribution in [0.15, 0.2) is 67.3 Å². The lowest BCUT2D eigenvalue weighted by molar-refractivity contribution is 0.785. The van der Waals surface area contributed by atoms with Gasteiger partial charge in [-0.25, -0.2) is 19.9 Å². The first-order chi connectivity index (χ1) is 9.45. The highest BCUT2D eigenvalue weighted by Crippen LogP contribution is 2.26. The van der Waals surface area contributed by atoms with Crippen molar-refractivity contribution in [3.05, 3.63) is 84.5 Å². The Balaban J connectivity index is 2.12. The number of rotatable bonds is 3. The van der Waals surface area contributed by atoms with Gasteiger partial charge in [0.2, 0.25) is 0 Å². The summed E-state index contributed by atoms with van der Waals surface area (Å²) in [7, 11) is 0. The topological polar surface area (TPSA) is 51.6 Å². The summed E-state index contributed by atoms with van der Waals surface area (Å²) in [5.41, 5.74) is 1.08. The Morgan fingerprint density at radius 1 is 0.579 bits per heavy atom. The van der Waals surface area contributed by atoms with Gasteiger partial charge in [-0.05, 0) is 17.7 Å². The van der Waals surface area contributed by atoms with Crippen molar-refractivity contribution in [2.45, 2.75) is 5.92 Å². The van der Waals surface area contributed by atoms with Gasteiger partial charge in [0.1, 0.15) is 17.6 Å². The number of benzene rings is 1. The zero-order valence-electron chi connectivity index (χ0n) is 10.2. The Bertz CT molecular complexity index is 532. The van der Waals surface area contributed by atoms with Gasteiger partial charge in [-0.3, -0.25) is 0 Å². The van der Waals surface area contributed by atoms with Crippen LogP contribution >= 0.6 is 0 Å². The molecule has 0 fully saturated rings. The monoisotopic (exact) mass is 248 g/mol. The van der Waals surface area contributed by atoms with Crippen LogP contribution in [0.2, 0.25) is 0 Å². The molecule has 0 aliphatic carbocycles. The standard InChI is InChI=1S/C15H12N4/c1-2-6-12(7-3-1)13(14-16-8-4-9-17-14)15-18-10-5-11-19-15/h1-11,13H. The second-order valence-electron chi connectivity index (χ2n) is 4.06. The van der Waals surface area contributed by atoms with Crippen molar-refractivity contribution in [3.63, 3.8) is 0 Å². The first-order valence-corrected chi connectivity index (χ1v) is 6.04. The van der Waals surface area contributed by atoms with Crippen LogP contribution in [0.1, 0.15) is 23.1 Å². The van der Waals surface area contributed by atoms with Gasteiger partial charge in [0.05, 0.1) is 0 Å². The van der Waals surface area contributed by atoms with E-state index >= 15 is 0 Å². The van der Waals surface area contributed by atoms with E-state index in [2.05, 4.69) is 19.9 Å². The summed E-state index contributed by atoms with van der Waals surface area (Å²) in [6.07, 6.45) is 6.95. The average molecular weight is 248 g/mol. The zero-order chi connectivity index (χ0) is 12.9. The number of nitrogens with zero attached hydrogens (tertiary/aromatic N) is 4. The van der Waals surface area contributed by atoms with Crippen molar-refractivity contribution < 1.29 is 0 Å². The quantitative estimate of drug-likeness (QED) is 0.714. The van der Waals surface area contributed by atoms with Crippen LogP contribution in [-0.2, 0) is 0 Å². The van der Waals surface area contributed by atoms with Crippen LogP contribution in [0.25, 0.3) is 0 Å². The Morgan fingerprint density at radius 2 is 1.05 bits per heavy atom. The van der Waals surface area contributed by atoms with E-state index in [9.17, 15) is 0 Å². The first-order valence-electron chi connectivity index (χ1n) is 6.04.